The molecule has 0 bridgehead atoms. The number of benzene rings is 2. The van der Waals surface area contributed by atoms with Crippen LogP contribution in [0.4, 0.5) is 10.2 Å². The van der Waals surface area contributed by atoms with Gasteiger partial charge in [-0.3, -0.25) is 9.59 Å². The van der Waals surface area contributed by atoms with Gasteiger partial charge in [0.15, 0.2) is 0 Å². The Hall–Kier alpha value is -3.19. The lowest BCUT2D eigenvalue weighted by Gasteiger charge is -2.35. The van der Waals surface area contributed by atoms with Gasteiger partial charge in [0.2, 0.25) is 0 Å². The van der Waals surface area contributed by atoms with Crippen molar-refractivity contribution in [3.8, 4) is 5.69 Å². The highest BCUT2D eigenvalue weighted by atomic mass is 35.5. The van der Waals surface area contributed by atoms with Crippen molar-refractivity contribution in [2.45, 2.75) is 0 Å². The van der Waals surface area contributed by atoms with Crippen molar-refractivity contribution in [3.63, 3.8) is 0 Å². The second-order valence-electron chi connectivity index (χ2n) is 6.68. The predicted octanol–water partition coefficient (Wildman–Crippen LogP) is 2.99. The minimum Gasteiger partial charge on any atom is -0.352 e. The van der Waals surface area contributed by atoms with Gasteiger partial charge in [0.05, 0.1) is 11.3 Å². The molecule has 0 atom stereocenters. The molecule has 0 unspecified atom stereocenters. The van der Waals surface area contributed by atoms with E-state index in [0.717, 1.165) is 0 Å². The zero-order valence-electron chi connectivity index (χ0n) is 15.5. The molecular weight excluding hydrogens is 395 g/mol. The summed E-state index contributed by atoms with van der Waals surface area (Å²) in [4.78, 5) is 28.4. The van der Waals surface area contributed by atoms with Gasteiger partial charge in [-0.05, 0) is 42.5 Å². The summed E-state index contributed by atoms with van der Waals surface area (Å²) >= 11 is 5.91. The Bertz CT molecular complexity index is 1090. The number of anilines is 1. The van der Waals surface area contributed by atoms with Crippen LogP contribution >= 0.6 is 11.6 Å². The monoisotopic (exact) mass is 412 g/mol. The third-order valence-electron chi connectivity index (χ3n) is 4.85. The predicted molar refractivity (Wildman–Crippen MR) is 109 cm³/mol. The Kier molecular flexibility index (Phi) is 5.31. The number of amides is 1. The maximum atomic E-state index is 13.9. The minimum absolute atomic E-state index is 0.0790. The fraction of sp³-hybridized carbons (Fsp3) is 0.190. The first-order chi connectivity index (χ1) is 14.0. The average Bonchev–Trinajstić information content (AvgIpc) is 2.75. The van der Waals surface area contributed by atoms with Gasteiger partial charge in [-0.25, -0.2) is 4.39 Å². The summed E-state index contributed by atoms with van der Waals surface area (Å²) in [5, 5.41) is 5.04. The molecule has 4 rings (SSSR count). The first-order valence-corrected chi connectivity index (χ1v) is 9.56. The van der Waals surface area contributed by atoms with Crippen LogP contribution in [-0.2, 0) is 0 Å². The molecule has 1 amide bonds. The van der Waals surface area contributed by atoms with Crippen molar-refractivity contribution in [2.75, 3.05) is 31.1 Å². The fourth-order valence-electron chi connectivity index (χ4n) is 3.28. The summed E-state index contributed by atoms with van der Waals surface area (Å²) < 4.78 is 15.2. The Morgan fingerprint density at radius 2 is 1.62 bits per heavy atom. The third kappa shape index (κ3) is 4.00. The fourth-order valence-corrected chi connectivity index (χ4v) is 3.41. The van der Waals surface area contributed by atoms with Crippen molar-refractivity contribution in [2.24, 2.45) is 0 Å². The molecular formula is C21H18ClFN4O2. The van der Waals surface area contributed by atoms with E-state index in [0.29, 0.717) is 42.7 Å². The highest BCUT2D eigenvalue weighted by Gasteiger charge is 2.24. The summed E-state index contributed by atoms with van der Waals surface area (Å²) in [5.74, 6) is -0.198. The van der Waals surface area contributed by atoms with E-state index in [1.165, 1.54) is 22.9 Å². The van der Waals surface area contributed by atoms with Gasteiger partial charge in [0, 0.05) is 37.3 Å². The molecule has 29 heavy (non-hydrogen) atoms. The number of halogens is 2. The molecule has 1 aliphatic rings. The Morgan fingerprint density at radius 1 is 0.931 bits per heavy atom. The molecule has 3 aromatic rings. The smallest absolute Gasteiger partial charge is 0.271 e. The highest BCUT2D eigenvalue weighted by Crippen LogP contribution is 2.17. The van der Waals surface area contributed by atoms with Crippen molar-refractivity contribution in [1.29, 1.82) is 0 Å². The van der Waals surface area contributed by atoms with E-state index < -0.39 is 5.82 Å². The first kappa shape index (κ1) is 19.1. The zero-order valence-corrected chi connectivity index (χ0v) is 16.2. The maximum absolute atomic E-state index is 13.9. The Labute approximate surface area is 171 Å². The summed E-state index contributed by atoms with van der Waals surface area (Å²) in [7, 11) is 0. The van der Waals surface area contributed by atoms with Crippen LogP contribution in [0.3, 0.4) is 0 Å². The summed E-state index contributed by atoms with van der Waals surface area (Å²) in [6, 6.07) is 16.0. The number of nitrogens with zero attached hydrogens (tertiary/aromatic N) is 4. The van der Waals surface area contributed by atoms with Crippen molar-refractivity contribution >= 4 is 23.3 Å². The Balaban J connectivity index is 1.50. The molecule has 0 spiro atoms. The molecule has 2 aromatic carbocycles. The molecule has 0 radical (unpaired) electrons. The summed E-state index contributed by atoms with van der Waals surface area (Å²) in [6.07, 6.45) is 0. The van der Waals surface area contributed by atoms with Crippen LogP contribution in [-0.4, -0.2) is 46.8 Å². The van der Waals surface area contributed by atoms with Gasteiger partial charge < -0.3 is 9.80 Å². The van der Waals surface area contributed by atoms with Gasteiger partial charge in [0.25, 0.3) is 11.5 Å². The van der Waals surface area contributed by atoms with E-state index in [9.17, 15) is 14.0 Å². The lowest BCUT2D eigenvalue weighted by molar-refractivity contribution is 0.0741. The largest absolute Gasteiger partial charge is 0.352 e. The van der Waals surface area contributed by atoms with Crippen molar-refractivity contribution in [3.05, 3.63) is 87.4 Å². The van der Waals surface area contributed by atoms with Gasteiger partial charge in [-0.2, -0.15) is 4.68 Å². The van der Waals surface area contributed by atoms with Crippen LogP contribution < -0.4 is 10.5 Å². The number of hydrogen-bond donors (Lipinski definition) is 0. The normalized spacial score (nSPS) is 14.1. The maximum Gasteiger partial charge on any atom is 0.271 e. The SMILES string of the molecule is O=C(c1ccccc1F)N1CCN(c2ccc(=O)n(-c3ccc(Cl)cc3)n2)CC1. The second-order valence-corrected chi connectivity index (χ2v) is 7.11. The molecule has 0 saturated carbocycles. The molecule has 0 aliphatic carbocycles. The molecule has 6 nitrogen and oxygen atoms in total. The molecule has 1 fully saturated rings. The molecule has 8 heteroatoms. The van der Waals surface area contributed by atoms with Gasteiger partial charge >= 0.3 is 0 Å². The van der Waals surface area contributed by atoms with Crippen LogP contribution in [0.25, 0.3) is 5.69 Å². The molecule has 1 aromatic heterocycles. The zero-order chi connectivity index (χ0) is 20.4. The van der Waals surface area contributed by atoms with Crippen LogP contribution in [0.5, 0.6) is 0 Å². The average molecular weight is 413 g/mol. The standard InChI is InChI=1S/C21H18ClFN4O2/c22-15-5-7-16(8-6-15)27-20(28)10-9-19(24-27)25-11-13-26(14-12-25)21(29)17-3-1-2-4-18(17)23/h1-10H,11-14H2. The molecule has 148 valence electrons. The van der Waals surface area contributed by atoms with Crippen LogP contribution in [0.15, 0.2) is 65.5 Å². The number of carbonyl (C=O) groups is 1. The van der Waals surface area contributed by atoms with Crippen LogP contribution in [0.1, 0.15) is 10.4 Å². The number of carbonyl (C=O) groups excluding carboxylic acids is 1. The van der Waals surface area contributed by atoms with E-state index in [1.54, 1.807) is 47.4 Å². The lowest BCUT2D eigenvalue weighted by atomic mass is 10.1. The van der Waals surface area contributed by atoms with Gasteiger partial charge in [0.1, 0.15) is 11.6 Å². The number of rotatable bonds is 3. The molecule has 1 aliphatic heterocycles. The van der Waals surface area contributed by atoms with E-state index in [4.69, 9.17) is 11.6 Å². The highest BCUT2D eigenvalue weighted by molar-refractivity contribution is 6.30. The van der Waals surface area contributed by atoms with E-state index in [2.05, 4.69) is 5.10 Å². The van der Waals surface area contributed by atoms with Crippen molar-refractivity contribution in [1.82, 2.24) is 14.7 Å². The number of hydrogen-bond acceptors (Lipinski definition) is 4. The van der Waals surface area contributed by atoms with Crippen LogP contribution in [0, 0.1) is 5.82 Å². The third-order valence-corrected chi connectivity index (χ3v) is 5.10. The second kappa shape index (κ2) is 8.05. The van der Waals surface area contributed by atoms with E-state index in [-0.39, 0.29) is 17.0 Å². The minimum atomic E-state index is -0.517. The van der Waals surface area contributed by atoms with Crippen LogP contribution in [0.2, 0.25) is 5.02 Å². The van der Waals surface area contributed by atoms with E-state index in [1.807, 2.05) is 4.90 Å². The number of aromatic nitrogens is 2. The quantitative estimate of drug-likeness (QED) is 0.663. The van der Waals surface area contributed by atoms with Gasteiger partial charge in [-0.1, -0.05) is 23.7 Å². The summed E-state index contributed by atoms with van der Waals surface area (Å²) in [5.41, 5.74) is 0.453. The van der Waals surface area contributed by atoms with Gasteiger partial charge in [-0.15, -0.1) is 5.10 Å². The molecule has 0 N–H and O–H groups in total. The molecule has 2 heterocycles. The lowest BCUT2D eigenvalue weighted by Crippen LogP contribution is -2.49. The first-order valence-electron chi connectivity index (χ1n) is 9.18. The van der Waals surface area contributed by atoms with E-state index >= 15 is 0 Å². The number of piperazine rings is 1. The topological polar surface area (TPSA) is 58.4 Å². The summed E-state index contributed by atoms with van der Waals surface area (Å²) in [6.45, 7) is 1.95. The molecule has 1 saturated heterocycles. The van der Waals surface area contributed by atoms with Crippen molar-refractivity contribution < 1.29 is 9.18 Å². The Morgan fingerprint density at radius 3 is 2.31 bits per heavy atom.